The van der Waals surface area contributed by atoms with E-state index < -0.39 is 10.0 Å². The third kappa shape index (κ3) is 8.24. The number of carbonyl (C=O) groups excluding carboxylic acids is 1. The van der Waals surface area contributed by atoms with E-state index in [4.69, 9.17) is 9.47 Å². The van der Waals surface area contributed by atoms with Crippen LogP contribution in [0.1, 0.15) is 49.7 Å². The molecule has 0 spiro atoms. The van der Waals surface area contributed by atoms with E-state index in [0.29, 0.717) is 34.9 Å². The van der Waals surface area contributed by atoms with Gasteiger partial charge in [-0.3, -0.25) is 4.79 Å². The Morgan fingerprint density at radius 1 is 1.15 bits per heavy atom. The minimum atomic E-state index is -3.68. The Hall–Kier alpha value is -1.68. The van der Waals surface area contributed by atoms with Crippen LogP contribution in [0, 0.1) is 13.8 Å². The topological polar surface area (TPSA) is 88.2 Å². The molecule has 1 N–H and O–H groups in total. The second-order valence-corrected chi connectivity index (χ2v) is 10.9. The molecule has 0 aromatic heterocycles. The Kier molecular flexibility index (Phi) is 11.1. The van der Waals surface area contributed by atoms with Gasteiger partial charge in [0, 0.05) is 19.1 Å². The molecule has 0 bridgehead atoms. The molecule has 2 rings (SSSR count). The lowest BCUT2D eigenvalue weighted by Gasteiger charge is -2.35. The molecule has 1 aliphatic rings. The number of methoxy groups -OCH3 is 1. The van der Waals surface area contributed by atoms with Crippen LogP contribution in [-0.2, 0) is 19.6 Å². The molecule has 1 heterocycles. The first-order chi connectivity index (χ1) is 15.7. The van der Waals surface area contributed by atoms with Gasteiger partial charge in [-0.1, -0.05) is 12.8 Å². The zero-order valence-electron chi connectivity index (χ0n) is 20.9. The largest absolute Gasteiger partial charge is 0.497 e. The fraction of sp³-hybridized carbons (Fsp3) is 0.708. The van der Waals surface area contributed by atoms with Crippen LogP contribution in [0.15, 0.2) is 17.0 Å². The number of rotatable bonds is 13. The average Bonchev–Trinajstić information content (AvgIpc) is 2.75. The maximum atomic E-state index is 13.6. The van der Waals surface area contributed by atoms with Crippen molar-refractivity contribution in [1.29, 1.82) is 0 Å². The fourth-order valence-electron chi connectivity index (χ4n) is 4.31. The molecule has 1 saturated heterocycles. The molecular formula is C24H41N3O5S. The number of hydrogen-bond acceptors (Lipinski definition) is 6. The van der Waals surface area contributed by atoms with E-state index in [-0.39, 0.29) is 25.2 Å². The van der Waals surface area contributed by atoms with E-state index in [9.17, 15) is 13.2 Å². The lowest BCUT2D eigenvalue weighted by atomic mass is 10.1. The normalized spacial score (nSPS) is 17.3. The van der Waals surface area contributed by atoms with Crippen LogP contribution in [-0.4, -0.2) is 83.6 Å². The highest BCUT2D eigenvalue weighted by Crippen LogP contribution is 2.31. The van der Waals surface area contributed by atoms with Crippen molar-refractivity contribution in [2.75, 3.05) is 54.1 Å². The molecule has 33 heavy (non-hydrogen) atoms. The zero-order chi connectivity index (χ0) is 24.4. The monoisotopic (exact) mass is 483 g/mol. The van der Waals surface area contributed by atoms with E-state index in [2.05, 4.69) is 24.3 Å². The first kappa shape index (κ1) is 27.6. The molecule has 1 aromatic rings. The number of piperidine rings is 1. The minimum absolute atomic E-state index is 0.0529. The van der Waals surface area contributed by atoms with E-state index in [1.54, 1.807) is 37.4 Å². The third-order valence-electron chi connectivity index (χ3n) is 5.96. The van der Waals surface area contributed by atoms with Crippen molar-refractivity contribution < 1.29 is 22.7 Å². The van der Waals surface area contributed by atoms with Gasteiger partial charge in [0.1, 0.15) is 12.4 Å². The molecular weight excluding hydrogens is 442 g/mol. The Morgan fingerprint density at radius 2 is 1.85 bits per heavy atom. The molecule has 0 saturated carbocycles. The van der Waals surface area contributed by atoms with Crippen molar-refractivity contribution >= 4 is 15.9 Å². The summed E-state index contributed by atoms with van der Waals surface area (Å²) in [6, 6.07) is 3.23. The highest BCUT2D eigenvalue weighted by molar-refractivity contribution is 7.89. The summed E-state index contributed by atoms with van der Waals surface area (Å²) >= 11 is 0. The van der Waals surface area contributed by atoms with Crippen LogP contribution in [0.3, 0.4) is 0 Å². The third-order valence-corrected chi connectivity index (χ3v) is 8.22. The number of nitrogens with one attached hydrogen (secondary N) is 1. The van der Waals surface area contributed by atoms with Gasteiger partial charge in [-0.15, -0.1) is 0 Å². The summed E-state index contributed by atoms with van der Waals surface area (Å²) in [6.07, 6.45) is 5.60. The molecule has 1 atom stereocenters. The Bertz CT molecular complexity index is 850. The quantitative estimate of drug-likeness (QED) is 0.434. The lowest BCUT2D eigenvalue weighted by molar-refractivity contribution is -0.126. The van der Waals surface area contributed by atoms with Crippen molar-refractivity contribution in [2.45, 2.75) is 63.3 Å². The number of sulfonamides is 1. The molecule has 1 fully saturated rings. The number of carbonyl (C=O) groups is 1. The summed E-state index contributed by atoms with van der Waals surface area (Å²) in [5.41, 5.74) is 1.34. The van der Waals surface area contributed by atoms with Crippen molar-refractivity contribution in [1.82, 2.24) is 14.5 Å². The number of unbranched alkanes of at least 4 members (excludes halogenated alkanes) is 2. The second-order valence-electron chi connectivity index (χ2n) is 9.08. The average molecular weight is 484 g/mol. The molecule has 1 aliphatic heterocycles. The molecule has 188 valence electrons. The van der Waals surface area contributed by atoms with E-state index in [0.717, 1.165) is 45.1 Å². The second kappa shape index (κ2) is 13.3. The number of hydrogen-bond donors (Lipinski definition) is 1. The predicted octanol–water partition coefficient (Wildman–Crippen LogP) is 2.72. The number of ether oxygens (including phenoxy) is 2. The van der Waals surface area contributed by atoms with Crippen molar-refractivity contribution in [3.63, 3.8) is 0 Å². The standard InChI is InChI=1S/C24H41N3O5S/c1-19-15-22(31-5)16-20(2)24(19)33(29,30)27-14-10-7-11-21(27)17-32-18-23(28)25-12-8-6-9-13-26(3)4/h15-16,21H,6-14,17-18H2,1-5H3,(H,25,28). The highest BCUT2D eigenvalue weighted by atomic mass is 32.2. The molecule has 0 aliphatic carbocycles. The van der Waals surface area contributed by atoms with Crippen molar-refractivity contribution in [3.05, 3.63) is 23.3 Å². The minimum Gasteiger partial charge on any atom is -0.497 e. The van der Waals surface area contributed by atoms with E-state index >= 15 is 0 Å². The number of benzene rings is 1. The van der Waals surface area contributed by atoms with Crippen LogP contribution < -0.4 is 10.1 Å². The van der Waals surface area contributed by atoms with Gasteiger partial charge < -0.3 is 19.7 Å². The fourth-order valence-corrected chi connectivity index (χ4v) is 6.40. The predicted molar refractivity (Wildman–Crippen MR) is 130 cm³/mol. The SMILES string of the molecule is COc1cc(C)c(S(=O)(=O)N2CCCCC2COCC(=O)NCCCCCN(C)C)c(C)c1. The molecule has 1 amide bonds. The smallest absolute Gasteiger partial charge is 0.245 e. The van der Waals surface area contributed by atoms with Crippen LogP contribution in [0.5, 0.6) is 5.75 Å². The van der Waals surface area contributed by atoms with Gasteiger partial charge in [0.05, 0.1) is 18.6 Å². The summed E-state index contributed by atoms with van der Waals surface area (Å²) in [4.78, 5) is 14.6. The summed E-state index contributed by atoms with van der Waals surface area (Å²) in [5, 5.41) is 2.88. The maximum Gasteiger partial charge on any atom is 0.245 e. The van der Waals surface area contributed by atoms with Crippen LogP contribution in [0.25, 0.3) is 0 Å². The highest BCUT2D eigenvalue weighted by Gasteiger charge is 2.35. The van der Waals surface area contributed by atoms with Crippen LogP contribution in [0.2, 0.25) is 0 Å². The van der Waals surface area contributed by atoms with Gasteiger partial charge >= 0.3 is 0 Å². The Morgan fingerprint density at radius 3 is 2.48 bits per heavy atom. The summed E-state index contributed by atoms with van der Waals surface area (Å²) in [7, 11) is 1.99. The number of aryl methyl sites for hydroxylation is 2. The summed E-state index contributed by atoms with van der Waals surface area (Å²) in [6.45, 7) is 5.89. The lowest BCUT2D eigenvalue weighted by Crippen LogP contribution is -2.46. The number of nitrogens with zero attached hydrogens (tertiary/aromatic N) is 2. The molecule has 8 nitrogen and oxygen atoms in total. The Balaban J connectivity index is 1.89. The summed E-state index contributed by atoms with van der Waals surface area (Å²) in [5.74, 6) is 0.487. The molecule has 1 aromatic carbocycles. The van der Waals surface area contributed by atoms with Crippen LogP contribution in [0.4, 0.5) is 0 Å². The molecule has 0 radical (unpaired) electrons. The van der Waals surface area contributed by atoms with Gasteiger partial charge in [-0.05, 0) is 83.4 Å². The van der Waals surface area contributed by atoms with Gasteiger partial charge in [-0.25, -0.2) is 8.42 Å². The van der Waals surface area contributed by atoms with Crippen LogP contribution >= 0.6 is 0 Å². The zero-order valence-corrected chi connectivity index (χ0v) is 21.7. The first-order valence-electron chi connectivity index (χ1n) is 11.8. The maximum absolute atomic E-state index is 13.6. The van der Waals surface area contributed by atoms with E-state index in [1.165, 1.54) is 0 Å². The number of amides is 1. The van der Waals surface area contributed by atoms with Gasteiger partial charge in [-0.2, -0.15) is 4.31 Å². The summed E-state index contributed by atoms with van der Waals surface area (Å²) < 4.78 is 39.6. The van der Waals surface area contributed by atoms with Gasteiger partial charge in [0.25, 0.3) is 0 Å². The van der Waals surface area contributed by atoms with Crippen molar-refractivity contribution in [2.24, 2.45) is 0 Å². The van der Waals surface area contributed by atoms with Gasteiger partial charge in [0.15, 0.2) is 0 Å². The molecule has 1 unspecified atom stereocenters. The van der Waals surface area contributed by atoms with Gasteiger partial charge in [0.2, 0.25) is 15.9 Å². The van der Waals surface area contributed by atoms with Crippen molar-refractivity contribution in [3.8, 4) is 5.75 Å². The first-order valence-corrected chi connectivity index (χ1v) is 13.3. The van der Waals surface area contributed by atoms with E-state index in [1.807, 2.05) is 0 Å². The molecule has 9 heteroatoms. The Labute approximate surface area is 199 Å².